The number of aromatic nitrogens is 3. The van der Waals surface area contributed by atoms with Crippen molar-refractivity contribution in [3.05, 3.63) is 22.8 Å². The van der Waals surface area contributed by atoms with E-state index >= 15 is 0 Å². The fraction of sp³-hybridized carbons (Fsp3) is 0.375. The third-order valence-electron chi connectivity index (χ3n) is 1.95. The van der Waals surface area contributed by atoms with E-state index in [0.717, 1.165) is 10.8 Å². The van der Waals surface area contributed by atoms with Crippen LogP contribution in [0.4, 0.5) is 0 Å². The highest BCUT2D eigenvalue weighted by Gasteiger charge is 2.10. The lowest BCUT2D eigenvalue weighted by atomic mass is 10.3. The van der Waals surface area contributed by atoms with Crippen molar-refractivity contribution in [1.29, 1.82) is 0 Å². The molecular formula is C8H10N3S. The van der Waals surface area contributed by atoms with Crippen molar-refractivity contribution in [2.45, 2.75) is 20.8 Å². The van der Waals surface area contributed by atoms with Crippen LogP contribution in [-0.4, -0.2) is 14.6 Å². The zero-order valence-electron chi connectivity index (χ0n) is 7.33. The minimum absolute atomic E-state index is 0.965. The van der Waals surface area contributed by atoms with Gasteiger partial charge < -0.3 is 0 Å². The summed E-state index contributed by atoms with van der Waals surface area (Å²) in [6, 6.07) is 0. The SMILES string of the molecule is C[CH]c1sc2nnc(C)n2c1C. The van der Waals surface area contributed by atoms with Crippen molar-refractivity contribution in [3.63, 3.8) is 0 Å². The Bertz CT molecular complexity index is 413. The number of aryl methyl sites for hydroxylation is 2. The second-order valence-electron chi connectivity index (χ2n) is 2.71. The van der Waals surface area contributed by atoms with E-state index in [1.165, 1.54) is 10.6 Å². The van der Waals surface area contributed by atoms with Gasteiger partial charge in [0, 0.05) is 10.6 Å². The van der Waals surface area contributed by atoms with E-state index < -0.39 is 0 Å². The van der Waals surface area contributed by atoms with E-state index in [9.17, 15) is 0 Å². The van der Waals surface area contributed by atoms with Gasteiger partial charge in [-0.15, -0.1) is 10.2 Å². The van der Waals surface area contributed by atoms with Crippen molar-refractivity contribution in [2.75, 3.05) is 0 Å². The topological polar surface area (TPSA) is 30.2 Å². The molecule has 63 valence electrons. The second-order valence-corrected chi connectivity index (χ2v) is 3.71. The highest BCUT2D eigenvalue weighted by molar-refractivity contribution is 7.17. The Kier molecular flexibility index (Phi) is 1.65. The second kappa shape index (κ2) is 2.55. The Balaban J connectivity index is 2.80. The van der Waals surface area contributed by atoms with E-state index in [4.69, 9.17) is 0 Å². The van der Waals surface area contributed by atoms with Gasteiger partial charge >= 0.3 is 0 Å². The zero-order chi connectivity index (χ0) is 8.72. The number of fused-ring (bicyclic) bond motifs is 1. The Labute approximate surface area is 75.1 Å². The van der Waals surface area contributed by atoms with Crippen LogP contribution < -0.4 is 0 Å². The van der Waals surface area contributed by atoms with Gasteiger partial charge in [0.1, 0.15) is 5.82 Å². The number of thiazole rings is 1. The maximum Gasteiger partial charge on any atom is 0.216 e. The van der Waals surface area contributed by atoms with Gasteiger partial charge in [0.25, 0.3) is 0 Å². The molecule has 0 aliphatic heterocycles. The van der Waals surface area contributed by atoms with Crippen molar-refractivity contribution in [1.82, 2.24) is 14.6 Å². The van der Waals surface area contributed by atoms with E-state index in [-0.39, 0.29) is 0 Å². The zero-order valence-corrected chi connectivity index (χ0v) is 8.14. The van der Waals surface area contributed by atoms with E-state index in [1.54, 1.807) is 11.3 Å². The number of rotatable bonds is 1. The summed E-state index contributed by atoms with van der Waals surface area (Å²) < 4.78 is 2.08. The minimum atomic E-state index is 0.965. The Morgan fingerprint density at radius 2 is 2.08 bits per heavy atom. The Hall–Kier alpha value is -0.900. The molecule has 3 nitrogen and oxygen atoms in total. The maximum absolute atomic E-state index is 4.06. The van der Waals surface area contributed by atoms with Crippen molar-refractivity contribution in [3.8, 4) is 0 Å². The molecule has 0 spiro atoms. The Morgan fingerprint density at radius 1 is 1.33 bits per heavy atom. The van der Waals surface area contributed by atoms with Crippen LogP contribution in [0.3, 0.4) is 0 Å². The maximum atomic E-state index is 4.06. The van der Waals surface area contributed by atoms with Gasteiger partial charge in [0.2, 0.25) is 4.96 Å². The molecule has 2 aromatic heterocycles. The first-order valence-corrected chi connectivity index (χ1v) is 4.66. The van der Waals surface area contributed by atoms with Gasteiger partial charge in [-0.05, 0) is 20.3 Å². The fourth-order valence-corrected chi connectivity index (χ4v) is 2.34. The molecule has 0 unspecified atom stereocenters. The van der Waals surface area contributed by atoms with Crippen LogP contribution in [0, 0.1) is 20.3 Å². The predicted octanol–water partition coefficient (Wildman–Crippen LogP) is 1.98. The molecule has 0 aliphatic rings. The fourth-order valence-electron chi connectivity index (χ4n) is 1.35. The first kappa shape index (κ1) is 7.73. The van der Waals surface area contributed by atoms with Crippen molar-refractivity contribution >= 4 is 16.3 Å². The average Bonchev–Trinajstić information content (AvgIpc) is 2.55. The molecule has 0 fully saturated rings. The van der Waals surface area contributed by atoms with Gasteiger partial charge in [-0.25, -0.2) is 0 Å². The summed E-state index contributed by atoms with van der Waals surface area (Å²) in [5.41, 5.74) is 1.24. The normalized spacial score (nSPS) is 11.2. The van der Waals surface area contributed by atoms with Crippen LogP contribution in [-0.2, 0) is 0 Å². The molecule has 0 aliphatic carbocycles. The standard InChI is InChI=1S/C8H10N3S/c1-4-7-5(2)11-6(3)9-10-8(11)12-7/h4H,1-3H3. The smallest absolute Gasteiger partial charge is 0.216 e. The van der Waals surface area contributed by atoms with Gasteiger partial charge in [-0.3, -0.25) is 4.40 Å². The van der Waals surface area contributed by atoms with Crippen molar-refractivity contribution < 1.29 is 0 Å². The highest BCUT2D eigenvalue weighted by Crippen LogP contribution is 2.23. The van der Waals surface area contributed by atoms with E-state index in [0.29, 0.717) is 0 Å². The average molecular weight is 180 g/mol. The third-order valence-corrected chi connectivity index (χ3v) is 3.15. The molecule has 4 heteroatoms. The van der Waals surface area contributed by atoms with E-state index in [2.05, 4.69) is 27.9 Å². The van der Waals surface area contributed by atoms with Crippen LogP contribution in [0.15, 0.2) is 0 Å². The largest absolute Gasteiger partial charge is 0.274 e. The van der Waals surface area contributed by atoms with Gasteiger partial charge in [-0.1, -0.05) is 18.3 Å². The van der Waals surface area contributed by atoms with Crippen molar-refractivity contribution in [2.24, 2.45) is 0 Å². The molecule has 1 radical (unpaired) electrons. The lowest BCUT2D eigenvalue weighted by Gasteiger charge is -1.93. The first-order valence-electron chi connectivity index (χ1n) is 3.84. The summed E-state index contributed by atoms with van der Waals surface area (Å²) in [5.74, 6) is 0.965. The molecule has 2 aromatic rings. The van der Waals surface area contributed by atoms with Crippen LogP contribution in [0.2, 0.25) is 0 Å². The summed E-state index contributed by atoms with van der Waals surface area (Å²) in [5, 5.41) is 8.06. The number of hydrogen-bond acceptors (Lipinski definition) is 3. The van der Waals surface area contributed by atoms with Gasteiger partial charge in [0.15, 0.2) is 0 Å². The third kappa shape index (κ3) is 0.876. The van der Waals surface area contributed by atoms with Crippen LogP contribution in [0.1, 0.15) is 23.3 Å². The number of nitrogens with zero attached hydrogens (tertiary/aromatic N) is 3. The molecule has 0 saturated carbocycles. The summed E-state index contributed by atoms with van der Waals surface area (Å²) in [6.07, 6.45) is 2.11. The van der Waals surface area contributed by atoms with Crippen LogP contribution in [0.25, 0.3) is 4.96 Å². The summed E-state index contributed by atoms with van der Waals surface area (Å²) in [6.45, 7) is 6.11. The summed E-state index contributed by atoms with van der Waals surface area (Å²) in [7, 11) is 0. The highest BCUT2D eigenvalue weighted by atomic mass is 32.1. The first-order chi connectivity index (χ1) is 5.74. The molecule has 0 saturated heterocycles. The quantitative estimate of drug-likeness (QED) is 0.671. The molecular weight excluding hydrogens is 170 g/mol. The lowest BCUT2D eigenvalue weighted by molar-refractivity contribution is 0.978. The molecule has 2 rings (SSSR count). The van der Waals surface area contributed by atoms with Crippen LogP contribution >= 0.6 is 11.3 Å². The molecule has 0 atom stereocenters. The molecule has 0 amide bonds. The predicted molar refractivity (Wildman–Crippen MR) is 49.4 cm³/mol. The molecule has 12 heavy (non-hydrogen) atoms. The minimum Gasteiger partial charge on any atom is -0.274 e. The monoisotopic (exact) mass is 180 g/mol. The molecule has 0 bridgehead atoms. The molecule has 2 heterocycles. The Morgan fingerprint density at radius 3 is 2.67 bits per heavy atom. The van der Waals surface area contributed by atoms with E-state index in [1.807, 2.05) is 13.8 Å². The van der Waals surface area contributed by atoms with Gasteiger partial charge in [-0.2, -0.15) is 0 Å². The van der Waals surface area contributed by atoms with Crippen LogP contribution in [0.5, 0.6) is 0 Å². The number of hydrogen-bond donors (Lipinski definition) is 0. The van der Waals surface area contributed by atoms with Gasteiger partial charge in [0.05, 0.1) is 0 Å². The lowest BCUT2D eigenvalue weighted by Crippen LogP contribution is -1.89. The molecule has 0 aromatic carbocycles. The summed E-state index contributed by atoms with van der Waals surface area (Å²) >= 11 is 1.68. The summed E-state index contributed by atoms with van der Waals surface area (Å²) in [4.78, 5) is 2.26. The molecule has 0 N–H and O–H groups in total.